The Labute approximate surface area is 127 Å². The van der Waals surface area contributed by atoms with E-state index in [4.69, 9.17) is 5.11 Å². The number of carboxylic acids is 1. The van der Waals surface area contributed by atoms with E-state index in [1.54, 1.807) is 6.92 Å². The topological polar surface area (TPSA) is 110 Å². The lowest BCUT2D eigenvalue weighted by atomic mass is 10.2. The number of carbonyl (C=O) groups is 2. The van der Waals surface area contributed by atoms with Crippen LogP contribution >= 0.6 is 0 Å². The summed E-state index contributed by atoms with van der Waals surface area (Å²) < 4.78 is 0. The summed E-state index contributed by atoms with van der Waals surface area (Å²) >= 11 is 0. The fraction of sp³-hybridized carbons (Fsp3) is 0.357. The molecular formula is C14H17N5O3. The third-order valence-electron chi connectivity index (χ3n) is 3.05. The van der Waals surface area contributed by atoms with Crippen molar-refractivity contribution in [2.24, 2.45) is 0 Å². The van der Waals surface area contributed by atoms with Gasteiger partial charge in [-0.1, -0.05) is 30.3 Å². The van der Waals surface area contributed by atoms with E-state index in [1.165, 1.54) is 4.80 Å². The standard InChI is InChI=1S/C14H17N5O3/c1-10(14(22)15-9-5-8-12(20)21)19-17-13(16-18-19)11-6-3-2-4-7-11/h2-4,6-7,10H,5,8-9H2,1H3,(H,15,22)(H,20,21). The summed E-state index contributed by atoms with van der Waals surface area (Å²) in [6.07, 6.45) is 0.405. The number of aliphatic carboxylic acids is 1. The molecule has 1 heterocycles. The lowest BCUT2D eigenvalue weighted by Gasteiger charge is -2.10. The van der Waals surface area contributed by atoms with Crippen molar-refractivity contribution in [3.05, 3.63) is 30.3 Å². The molecule has 0 aliphatic carbocycles. The number of carbonyl (C=O) groups excluding carboxylic acids is 1. The maximum Gasteiger partial charge on any atom is 0.303 e. The highest BCUT2D eigenvalue weighted by atomic mass is 16.4. The number of nitrogens with one attached hydrogen (secondary N) is 1. The van der Waals surface area contributed by atoms with Gasteiger partial charge in [0.05, 0.1) is 0 Å². The van der Waals surface area contributed by atoms with Crippen molar-refractivity contribution in [1.82, 2.24) is 25.5 Å². The normalized spacial score (nSPS) is 11.9. The molecule has 2 aromatic rings. The van der Waals surface area contributed by atoms with Crippen LogP contribution in [-0.2, 0) is 9.59 Å². The second-order valence-corrected chi connectivity index (χ2v) is 4.76. The lowest BCUT2D eigenvalue weighted by Crippen LogP contribution is -2.33. The minimum absolute atomic E-state index is 0.0222. The SMILES string of the molecule is CC(C(=O)NCCCC(=O)O)n1nnc(-c2ccccc2)n1. The molecule has 8 heteroatoms. The molecule has 2 N–H and O–H groups in total. The van der Waals surface area contributed by atoms with E-state index in [2.05, 4.69) is 20.7 Å². The van der Waals surface area contributed by atoms with Crippen molar-refractivity contribution in [3.8, 4) is 11.4 Å². The average molecular weight is 303 g/mol. The first kappa shape index (κ1) is 15.6. The monoisotopic (exact) mass is 303 g/mol. The lowest BCUT2D eigenvalue weighted by molar-refractivity contribution is -0.137. The average Bonchev–Trinajstić information content (AvgIpc) is 3.01. The first-order chi connectivity index (χ1) is 10.6. The highest BCUT2D eigenvalue weighted by Gasteiger charge is 2.18. The number of aromatic nitrogens is 4. The zero-order valence-corrected chi connectivity index (χ0v) is 12.1. The number of rotatable bonds is 7. The van der Waals surface area contributed by atoms with E-state index in [0.29, 0.717) is 18.8 Å². The highest BCUT2D eigenvalue weighted by Crippen LogP contribution is 2.13. The molecule has 0 radical (unpaired) electrons. The van der Waals surface area contributed by atoms with Gasteiger partial charge in [-0.3, -0.25) is 9.59 Å². The van der Waals surface area contributed by atoms with E-state index >= 15 is 0 Å². The minimum Gasteiger partial charge on any atom is -0.481 e. The predicted molar refractivity (Wildman–Crippen MR) is 77.8 cm³/mol. The van der Waals surface area contributed by atoms with Gasteiger partial charge in [0, 0.05) is 18.5 Å². The number of carboxylic acid groups (broad SMARTS) is 1. The first-order valence-corrected chi connectivity index (χ1v) is 6.92. The van der Waals surface area contributed by atoms with Gasteiger partial charge in [0.1, 0.15) is 6.04 Å². The van der Waals surface area contributed by atoms with E-state index in [0.717, 1.165) is 5.56 Å². The van der Waals surface area contributed by atoms with Crippen molar-refractivity contribution in [1.29, 1.82) is 0 Å². The van der Waals surface area contributed by atoms with E-state index in [9.17, 15) is 9.59 Å². The van der Waals surface area contributed by atoms with Crippen LogP contribution in [0.15, 0.2) is 30.3 Å². The minimum atomic E-state index is -0.882. The van der Waals surface area contributed by atoms with Gasteiger partial charge in [-0.15, -0.1) is 10.2 Å². The zero-order chi connectivity index (χ0) is 15.9. The molecule has 8 nitrogen and oxygen atoms in total. The van der Waals surface area contributed by atoms with Crippen molar-refractivity contribution < 1.29 is 14.7 Å². The molecule has 116 valence electrons. The van der Waals surface area contributed by atoms with Crippen LogP contribution in [-0.4, -0.2) is 43.7 Å². The summed E-state index contributed by atoms with van der Waals surface area (Å²) in [5.41, 5.74) is 0.822. The molecule has 0 bridgehead atoms. The van der Waals surface area contributed by atoms with Crippen LogP contribution in [0.1, 0.15) is 25.8 Å². The summed E-state index contributed by atoms with van der Waals surface area (Å²) in [5.74, 6) is -0.707. The second-order valence-electron chi connectivity index (χ2n) is 4.76. The van der Waals surface area contributed by atoms with Crippen molar-refractivity contribution in [3.63, 3.8) is 0 Å². The Kier molecular flexibility index (Phi) is 5.18. The van der Waals surface area contributed by atoms with Gasteiger partial charge in [0.15, 0.2) is 0 Å². The molecule has 0 spiro atoms. The molecule has 1 unspecified atom stereocenters. The molecule has 0 saturated carbocycles. The van der Waals surface area contributed by atoms with Gasteiger partial charge in [-0.25, -0.2) is 0 Å². The van der Waals surface area contributed by atoms with Crippen LogP contribution in [0.4, 0.5) is 0 Å². The molecule has 2 rings (SSSR count). The molecule has 1 aromatic carbocycles. The van der Waals surface area contributed by atoms with Crippen LogP contribution in [0.2, 0.25) is 0 Å². The van der Waals surface area contributed by atoms with Gasteiger partial charge in [0.25, 0.3) is 0 Å². The van der Waals surface area contributed by atoms with Gasteiger partial charge in [0.2, 0.25) is 11.7 Å². The van der Waals surface area contributed by atoms with Gasteiger partial charge in [-0.05, 0) is 18.6 Å². The third kappa shape index (κ3) is 4.11. The number of amides is 1. The van der Waals surface area contributed by atoms with Crippen molar-refractivity contribution >= 4 is 11.9 Å². The predicted octanol–water partition coefficient (Wildman–Crippen LogP) is 0.882. The van der Waals surface area contributed by atoms with E-state index < -0.39 is 12.0 Å². The molecule has 0 saturated heterocycles. The summed E-state index contributed by atoms with van der Waals surface area (Å²) in [5, 5.41) is 23.2. The number of benzene rings is 1. The maximum atomic E-state index is 11.9. The van der Waals surface area contributed by atoms with E-state index in [1.807, 2.05) is 30.3 Å². The fourth-order valence-electron chi connectivity index (χ4n) is 1.80. The first-order valence-electron chi connectivity index (χ1n) is 6.92. The van der Waals surface area contributed by atoms with Crippen LogP contribution in [0.5, 0.6) is 0 Å². The van der Waals surface area contributed by atoms with Crippen molar-refractivity contribution in [2.45, 2.75) is 25.8 Å². The molecule has 1 aromatic heterocycles. The number of hydrogen-bond donors (Lipinski definition) is 2. The molecule has 1 atom stereocenters. The zero-order valence-electron chi connectivity index (χ0n) is 12.1. The Hall–Kier alpha value is -2.77. The quantitative estimate of drug-likeness (QED) is 0.735. The Morgan fingerprint density at radius 1 is 1.32 bits per heavy atom. The molecule has 22 heavy (non-hydrogen) atoms. The Bertz CT molecular complexity index is 641. The van der Waals surface area contributed by atoms with Gasteiger partial charge in [-0.2, -0.15) is 4.80 Å². The van der Waals surface area contributed by atoms with Crippen LogP contribution < -0.4 is 5.32 Å². The van der Waals surface area contributed by atoms with Crippen LogP contribution in [0, 0.1) is 0 Å². The molecule has 0 aliphatic rings. The van der Waals surface area contributed by atoms with Gasteiger partial charge >= 0.3 is 5.97 Å². The Balaban J connectivity index is 1.92. The Morgan fingerprint density at radius 2 is 2.05 bits per heavy atom. The second kappa shape index (κ2) is 7.30. The number of tetrazole rings is 1. The summed E-state index contributed by atoms with van der Waals surface area (Å²) in [4.78, 5) is 23.6. The van der Waals surface area contributed by atoms with Crippen molar-refractivity contribution in [2.75, 3.05) is 6.54 Å². The molecule has 1 amide bonds. The fourth-order valence-corrected chi connectivity index (χ4v) is 1.80. The number of hydrogen-bond acceptors (Lipinski definition) is 5. The molecule has 0 aliphatic heterocycles. The maximum absolute atomic E-state index is 11.9. The smallest absolute Gasteiger partial charge is 0.303 e. The molecular weight excluding hydrogens is 286 g/mol. The van der Waals surface area contributed by atoms with Crippen LogP contribution in [0.3, 0.4) is 0 Å². The summed E-state index contributed by atoms with van der Waals surface area (Å²) in [6.45, 7) is 1.96. The Morgan fingerprint density at radius 3 is 2.73 bits per heavy atom. The van der Waals surface area contributed by atoms with Crippen LogP contribution in [0.25, 0.3) is 11.4 Å². The summed E-state index contributed by atoms with van der Waals surface area (Å²) in [6, 6.07) is 8.73. The number of nitrogens with zero attached hydrogens (tertiary/aromatic N) is 4. The third-order valence-corrected chi connectivity index (χ3v) is 3.05. The van der Waals surface area contributed by atoms with E-state index in [-0.39, 0.29) is 12.3 Å². The molecule has 0 fully saturated rings. The van der Waals surface area contributed by atoms with Gasteiger partial charge < -0.3 is 10.4 Å². The highest BCUT2D eigenvalue weighted by molar-refractivity contribution is 5.79. The summed E-state index contributed by atoms with van der Waals surface area (Å²) in [7, 11) is 0. The largest absolute Gasteiger partial charge is 0.481 e.